The molecule has 0 aromatic heterocycles. The van der Waals surface area contributed by atoms with E-state index in [1.807, 2.05) is 25.1 Å². The summed E-state index contributed by atoms with van der Waals surface area (Å²) >= 11 is 0. The first-order chi connectivity index (χ1) is 13.3. The highest BCUT2D eigenvalue weighted by molar-refractivity contribution is 5.75. The van der Waals surface area contributed by atoms with Crippen LogP contribution in [0.3, 0.4) is 0 Å². The maximum absolute atomic E-state index is 12.2. The molecule has 7 heteroatoms. The second kappa shape index (κ2) is 9.55. The number of carbonyl (C=O) groups excluding carboxylic acids is 1. The quantitative estimate of drug-likeness (QED) is 0.290. The van der Waals surface area contributed by atoms with Gasteiger partial charge in [-0.25, -0.2) is 4.79 Å². The maximum Gasteiger partial charge on any atom is 0.349 e. The van der Waals surface area contributed by atoms with E-state index in [1.54, 1.807) is 12.1 Å². The summed E-state index contributed by atoms with van der Waals surface area (Å²) in [7, 11) is 1.42. The molecule has 0 saturated carbocycles. The summed E-state index contributed by atoms with van der Waals surface area (Å²) in [5.74, 6) is 0.828. The second-order valence-electron chi connectivity index (χ2n) is 6.47. The standard InChI is InChI=1S/C21H23NO6/c1-14(2)17-7-5-15(3)11-19(17)27-13-21(23)28-18-8-6-16(9-10-22(24)25)12-20(18)26-4/h5-12,14H,13H2,1-4H3. The van der Waals surface area contributed by atoms with Gasteiger partial charge in [0, 0.05) is 6.08 Å². The van der Waals surface area contributed by atoms with Gasteiger partial charge in [0.1, 0.15) is 5.75 Å². The summed E-state index contributed by atoms with van der Waals surface area (Å²) in [6.45, 7) is 5.80. The Morgan fingerprint density at radius 2 is 1.89 bits per heavy atom. The molecule has 0 saturated heterocycles. The maximum atomic E-state index is 12.2. The lowest BCUT2D eigenvalue weighted by molar-refractivity contribution is -0.400. The molecule has 0 spiro atoms. The van der Waals surface area contributed by atoms with Crippen molar-refractivity contribution in [3.05, 3.63) is 69.4 Å². The number of benzene rings is 2. The first-order valence-corrected chi connectivity index (χ1v) is 8.74. The Balaban J connectivity index is 2.07. The highest BCUT2D eigenvalue weighted by Crippen LogP contribution is 2.30. The lowest BCUT2D eigenvalue weighted by atomic mass is 10.0. The summed E-state index contributed by atoms with van der Waals surface area (Å²) in [5.41, 5.74) is 2.59. The first-order valence-electron chi connectivity index (χ1n) is 8.74. The topological polar surface area (TPSA) is 87.9 Å². The van der Waals surface area contributed by atoms with Crippen molar-refractivity contribution in [3.63, 3.8) is 0 Å². The Labute approximate surface area is 163 Å². The number of ether oxygens (including phenoxy) is 3. The van der Waals surface area contributed by atoms with Crippen molar-refractivity contribution >= 4 is 12.0 Å². The first kappa shape index (κ1) is 21.0. The number of methoxy groups -OCH3 is 1. The minimum Gasteiger partial charge on any atom is -0.493 e. The van der Waals surface area contributed by atoms with Gasteiger partial charge in [0.2, 0.25) is 6.20 Å². The SMILES string of the molecule is COc1cc(C=C[N+](=O)[O-])ccc1OC(=O)COc1cc(C)ccc1C(C)C. The number of rotatable bonds is 8. The van der Waals surface area contributed by atoms with Gasteiger partial charge in [0.05, 0.1) is 12.0 Å². The van der Waals surface area contributed by atoms with Gasteiger partial charge >= 0.3 is 5.97 Å². The number of carbonyl (C=O) groups is 1. The van der Waals surface area contributed by atoms with Crippen LogP contribution in [-0.2, 0) is 4.79 Å². The molecule has 0 bridgehead atoms. The molecule has 0 unspecified atom stereocenters. The molecule has 2 aromatic rings. The third-order valence-electron chi connectivity index (χ3n) is 3.94. The van der Waals surface area contributed by atoms with Gasteiger partial charge in [0.15, 0.2) is 18.1 Å². The lowest BCUT2D eigenvalue weighted by Gasteiger charge is -2.15. The van der Waals surface area contributed by atoms with Crippen molar-refractivity contribution in [2.24, 2.45) is 0 Å². The second-order valence-corrected chi connectivity index (χ2v) is 6.47. The van der Waals surface area contributed by atoms with Crippen LogP contribution in [0.4, 0.5) is 0 Å². The molecule has 0 amide bonds. The van der Waals surface area contributed by atoms with Crippen molar-refractivity contribution < 1.29 is 23.9 Å². The number of hydrogen-bond acceptors (Lipinski definition) is 6. The Kier molecular flexibility index (Phi) is 7.14. The van der Waals surface area contributed by atoms with Crippen molar-refractivity contribution in [2.45, 2.75) is 26.7 Å². The van der Waals surface area contributed by atoms with Crippen molar-refractivity contribution in [3.8, 4) is 17.2 Å². The normalized spacial score (nSPS) is 10.9. The number of aryl methyl sites for hydroxylation is 1. The van der Waals surface area contributed by atoms with Gasteiger partial charge in [-0.2, -0.15) is 0 Å². The molecule has 7 nitrogen and oxygen atoms in total. The van der Waals surface area contributed by atoms with Gasteiger partial charge in [0.25, 0.3) is 0 Å². The molecule has 0 aliphatic carbocycles. The summed E-state index contributed by atoms with van der Waals surface area (Å²) in [6.07, 6.45) is 2.14. The Bertz CT molecular complexity index is 888. The van der Waals surface area contributed by atoms with Gasteiger partial charge in [-0.15, -0.1) is 0 Å². The van der Waals surface area contributed by atoms with E-state index >= 15 is 0 Å². The van der Waals surface area contributed by atoms with E-state index < -0.39 is 10.9 Å². The van der Waals surface area contributed by atoms with Crippen LogP contribution < -0.4 is 14.2 Å². The molecule has 0 N–H and O–H groups in total. The zero-order valence-corrected chi connectivity index (χ0v) is 16.3. The number of hydrogen-bond donors (Lipinski definition) is 0. The van der Waals surface area contributed by atoms with Crippen LogP contribution >= 0.6 is 0 Å². The highest BCUT2D eigenvalue weighted by atomic mass is 16.6. The van der Waals surface area contributed by atoms with E-state index in [-0.39, 0.29) is 24.0 Å². The van der Waals surface area contributed by atoms with Crippen LogP contribution in [0, 0.1) is 17.0 Å². The minimum absolute atomic E-state index is 0.211. The smallest absolute Gasteiger partial charge is 0.349 e. The fraction of sp³-hybridized carbons (Fsp3) is 0.286. The average molecular weight is 385 g/mol. The Morgan fingerprint density at radius 3 is 2.54 bits per heavy atom. The summed E-state index contributed by atoms with van der Waals surface area (Å²) in [4.78, 5) is 22.1. The molecule has 0 fully saturated rings. The molecular formula is C21H23NO6. The molecule has 0 aliphatic heterocycles. The molecule has 2 aromatic carbocycles. The van der Waals surface area contributed by atoms with Gasteiger partial charge in [-0.1, -0.05) is 32.0 Å². The zero-order chi connectivity index (χ0) is 20.7. The third kappa shape index (κ3) is 5.84. The Hall–Kier alpha value is -3.35. The molecule has 0 atom stereocenters. The van der Waals surface area contributed by atoms with Gasteiger partial charge < -0.3 is 14.2 Å². The van der Waals surface area contributed by atoms with Crippen molar-refractivity contribution in [1.29, 1.82) is 0 Å². The van der Waals surface area contributed by atoms with Crippen LogP contribution in [0.25, 0.3) is 6.08 Å². The molecule has 0 radical (unpaired) electrons. The predicted octanol–water partition coefficient (Wildman–Crippen LogP) is 4.36. The van der Waals surface area contributed by atoms with Crippen LogP contribution in [0.1, 0.15) is 36.5 Å². The van der Waals surface area contributed by atoms with E-state index in [4.69, 9.17) is 14.2 Å². The van der Waals surface area contributed by atoms with E-state index in [0.717, 1.165) is 17.3 Å². The lowest BCUT2D eigenvalue weighted by Crippen LogP contribution is -2.18. The highest BCUT2D eigenvalue weighted by Gasteiger charge is 2.14. The Morgan fingerprint density at radius 1 is 1.14 bits per heavy atom. The number of nitrogens with zero attached hydrogens (tertiary/aromatic N) is 1. The van der Waals surface area contributed by atoms with Crippen molar-refractivity contribution in [1.82, 2.24) is 0 Å². The minimum atomic E-state index is -0.580. The summed E-state index contributed by atoms with van der Waals surface area (Å²) in [6, 6.07) is 10.5. The summed E-state index contributed by atoms with van der Waals surface area (Å²) < 4.78 is 16.2. The molecule has 28 heavy (non-hydrogen) atoms. The molecule has 0 aliphatic rings. The summed E-state index contributed by atoms with van der Waals surface area (Å²) in [5, 5.41) is 10.4. The molecule has 0 heterocycles. The van der Waals surface area contributed by atoms with Crippen LogP contribution in [0.5, 0.6) is 17.2 Å². The van der Waals surface area contributed by atoms with E-state index in [2.05, 4.69) is 13.8 Å². The number of esters is 1. The van der Waals surface area contributed by atoms with Gasteiger partial charge in [-0.3, -0.25) is 10.1 Å². The third-order valence-corrected chi connectivity index (χ3v) is 3.94. The molecule has 148 valence electrons. The number of nitro groups is 1. The van der Waals surface area contributed by atoms with E-state index in [0.29, 0.717) is 11.3 Å². The van der Waals surface area contributed by atoms with Gasteiger partial charge in [-0.05, 0) is 47.7 Å². The van der Waals surface area contributed by atoms with Crippen LogP contribution in [-0.4, -0.2) is 24.6 Å². The predicted molar refractivity (Wildman–Crippen MR) is 105 cm³/mol. The molecular weight excluding hydrogens is 362 g/mol. The van der Waals surface area contributed by atoms with E-state index in [9.17, 15) is 14.9 Å². The van der Waals surface area contributed by atoms with E-state index in [1.165, 1.54) is 19.3 Å². The zero-order valence-electron chi connectivity index (χ0n) is 16.3. The van der Waals surface area contributed by atoms with Crippen molar-refractivity contribution in [2.75, 3.05) is 13.7 Å². The average Bonchev–Trinajstić information content (AvgIpc) is 2.65. The monoisotopic (exact) mass is 385 g/mol. The van der Waals surface area contributed by atoms with Crippen LogP contribution in [0.15, 0.2) is 42.6 Å². The fourth-order valence-corrected chi connectivity index (χ4v) is 2.55. The fourth-order valence-electron chi connectivity index (χ4n) is 2.55. The largest absolute Gasteiger partial charge is 0.493 e. The molecule has 2 rings (SSSR count). The van der Waals surface area contributed by atoms with Crippen LogP contribution in [0.2, 0.25) is 0 Å².